The zero-order valence-corrected chi connectivity index (χ0v) is 12.7. The minimum Gasteiger partial charge on any atom is -0.496 e. The molecule has 0 saturated heterocycles. The number of hydrogen-bond donors (Lipinski definition) is 1. The van der Waals surface area contributed by atoms with Crippen molar-refractivity contribution in [1.29, 1.82) is 0 Å². The Kier molecular flexibility index (Phi) is 4.85. The quantitative estimate of drug-likeness (QED) is 0.806. The lowest BCUT2D eigenvalue weighted by molar-refractivity contribution is 0.408. The van der Waals surface area contributed by atoms with Crippen LogP contribution in [-0.4, -0.2) is 13.7 Å². The maximum absolute atomic E-state index is 5.90. The van der Waals surface area contributed by atoms with Crippen LogP contribution in [0.15, 0.2) is 28.7 Å². The Morgan fingerprint density at radius 2 is 1.85 bits per heavy atom. The summed E-state index contributed by atoms with van der Waals surface area (Å²) in [4.78, 5) is 0. The van der Waals surface area contributed by atoms with Crippen molar-refractivity contribution < 1.29 is 9.15 Å². The highest BCUT2D eigenvalue weighted by Gasteiger charge is 2.09. The van der Waals surface area contributed by atoms with E-state index in [1.54, 1.807) is 7.11 Å². The van der Waals surface area contributed by atoms with Crippen LogP contribution in [0.2, 0.25) is 0 Å². The van der Waals surface area contributed by atoms with Crippen molar-refractivity contribution in [3.05, 3.63) is 41.2 Å². The molecule has 1 heterocycles. The van der Waals surface area contributed by atoms with Gasteiger partial charge in [0.15, 0.2) is 0 Å². The van der Waals surface area contributed by atoms with Crippen molar-refractivity contribution in [2.45, 2.75) is 33.7 Å². The summed E-state index contributed by atoms with van der Waals surface area (Å²) in [6.07, 6.45) is 1.13. The van der Waals surface area contributed by atoms with Crippen LogP contribution in [0.3, 0.4) is 0 Å². The Hall–Kier alpha value is -1.74. The summed E-state index contributed by atoms with van der Waals surface area (Å²) in [5, 5.41) is 3.34. The first kappa shape index (κ1) is 14.7. The van der Waals surface area contributed by atoms with Crippen LogP contribution in [0.25, 0.3) is 11.3 Å². The average Bonchev–Trinajstić information content (AvgIpc) is 2.87. The van der Waals surface area contributed by atoms with Crippen LogP contribution in [0, 0.1) is 13.8 Å². The Bertz CT molecular complexity index is 549. The van der Waals surface area contributed by atoms with Gasteiger partial charge in [-0.15, -0.1) is 0 Å². The SMILES string of the molecule is CCCNCc1ccc(-c2cc(C)c(OC)c(C)c2)o1. The highest BCUT2D eigenvalue weighted by Crippen LogP contribution is 2.30. The summed E-state index contributed by atoms with van der Waals surface area (Å²) in [6.45, 7) is 8.06. The second-order valence-electron chi connectivity index (χ2n) is 5.09. The fourth-order valence-corrected chi connectivity index (χ4v) is 2.43. The van der Waals surface area contributed by atoms with Gasteiger partial charge in [-0.05, 0) is 62.2 Å². The molecule has 0 saturated carbocycles. The predicted octanol–water partition coefficient (Wildman–Crippen LogP) is 4.07. The molecule has 0 unspecified atom stereocenters. The van der Waals surface area contributed by atoms with Crippen LogP contribution in [0.5, 0.6) is 5.75 Å². The zero-order valence-electron chi connectivity index (χ0n) is 12.7. The number of ether oxygens (including phenoxy) is 1. The minimum atomic E-state index is 0.780. The van der Waals surface area contributed by atoms with E-state index in [9.17, 15) is 0 Å². The first-order valence-electron chi connectivity index (χ1n) is 7.10. The highest BCUT2D eigenvalue weighted by atomic mass is 16.5. The second kappa shape index (κ2) is 6.62. The fraction of sp³-hybridized carbons (Fsp3) is 0.412. The molecule has 0 bridgehead atoms. The first-order chi connectivity index (χ1) is 9.65. The first-order valence-corrected chi connectivity index (χ1v) is 7.10. The topological polar surface area (TPSA) is 34.4 Å². The van der Waals surface area contributed by atoms with Crippen molar-refractivity contribution in [2.24, 2.45) is 0 Å². The number of benzene rings is 1. The van der Waals surface area contributed by atoms with Gasteiger partial charge in [-0.3, -0.25) is 0 Å². The molecule has 0 aliphatic carbocycles. The number of furan rings is 1. The summed E-state index contributed by atoms with van der Waals surface area (Å²) in [7, 11) is 1.71. The second-order valence-corrected chi connectivity index (χ2v) is 5.09. The molecule has 0 fully saturated rings. The van der Waals surface area contributed by atoms with E-state index in [1.807, 2.05) is 12.1 Å². The molecule has 1 aromatic heterocycles. The van der Waals surface area contributed by atoms with Crippen LogP contribution in [0.1, 0.15) is 30.2 Å². The Morgan fingerprint density at radius 3 is 2.45 bits per heavy atom. The molecule has 0 spiro atoms. The summed E-state index contributed by atoms with van der Waals surface area (Å²) >= 11 is 0. The van der Waals surface area contributed by atoms with Crippen LogP contribution in [0.4, 0.5) is 0 Å². The van der Waals surface area contributed by atoms with Crippen LogP contribution in [-0.2, 0) is 6.54 Å². The van der Waals surface area contributed by atoms with E-state index in [4.69, 9.17) is 9.15 Å². The Morgan fingerprint density at radius 1 is 1.15 bits per heavy atom. The monoisotopic (exact) mass is 273 g/mol. The summed E-state index contributed by atoms with van der Waals surface area (Å²) in [5.41, 5.74) is 3.36. The molecule has 108 valence electrons. The van der Waals surface area contributed by atoms with Gasteiger partial charge in [0.25, 0.3) is 0 Å². The van der Waals surface area contributed by atoms with E-state index in [1.165, 1.54) is 0 Å². The molecule has 3 nitrogen and oxygen atoms in total. The third-order valence-corrected chi connectivity index (χ3v) is 3.34. The molecule has 0 amide bonds. The summed E-state index contributed by atoms with van der Waals surface area (Å²) in [6, 6.07) is 8.28. The fourth-order valence-electron chi connectivity index (χ4n) is 2.43. The van der Waals surface area contributed by atoms with E-state index >= 15 is 0 Å². The molecule has 1 aromatic carbocycles. The molecule has 2 aromatic rings. The van der Waals surface area contributed by atoms with Gasteiger partial charge in [-0.2, -0.15) is 0 Å². The predicted molar refractivity (Wildman–Crippen MR) is 82.2 cm³/mol. The van der Waals surface area contributed by atoms with Crippen LogP contribution >= 0.6 is 0 Å². The van der Waals surface area contributed by atoms with E-state index in [0.717, 1.165) is 53.5 Å². The number of rotatable bonds is 6. The number of hydrogen-bond acceptors (Lipinski definition) is 3. The standard InChI is InChI=1S/C17H23NO2/c1-5-8-18-11-15-6-7-16(20-15)14-9-12(2)17(19-4)13(3)10-14/h6-7,9-10,18H,5,8,11H2,1-4H3. The lowest BCUT2D eigenvalue weighted by atomic mass is 10.0. The van der Waals surface area contributed by atoms with Crippen LogP contribution < -0.4 is 10.1 Å². The van der Waals surface area contributed by atoms with Gasteiger partial charge in [-0.25, -0.2) is 0 Å². The van der Waals surface area contributed by atoms with E-state index in [-0.39, 0.29) is 0 Å². The van der Waals surface area contributed by atoms with Gasteiger partial charge < -0.3 is 14.5 Å². The largest absolute Gasteiger partial charge is 0.496 e. The number of aryl methyl sites for hydroxylation is 2. The van der Waals surface area contributed by atoms with Gasteiger partial charge in [0.1, 0.15) is 17.3 Å². The maximum atomic E-state index is 5.90. The smallest absolute Gasteiger partial charge is 0.134 e. The number of nitrogens with one attached hydrogen (secondary N) is 1. The third-order valence-electron chi connectivity index (χ3n) is 3.34. The molecule has 20 heavy (non-hydrogen) atoms. The lowest BCUT2D eigenvalue weighted by Gasteiger charge is -2.10. The third kappa shape index (κ3) is 3.23. The van der Waals surface area contributed by atoms with Gasteiger partial charge in [0.05, 0.1) is 13.7 Å². The van der Waals surface area contributed by atoms with Crippen molar-refractivity contribution in [3.8, 4) is 17.1 Å². The van der Waals surface area contributed by atoms with E-state index in [0.29, 0.717) is 0 Å². The van der Waals surface area contributed by atoms with Gasteiger partial charge in [0.2, 0.25) is 0 Å². The van der Waals surface area contributed by atoms with E-state index < -0.39 is 0 Å². The zero-order chi connectivity index (χ0) is 14.5. The lowest BCUT2D eigenvalue weighted by Crippen LogP contribution is -2.12. The minimum absolute atomic E-state index is 0.780. The molecule has 1 N–H and O–H groups in total. The Labute approximate surface area is 121 Å². The Balaban J connectivity index is 2.20. The highest BCUT2D eigenvalue weighted by molar-refractivity contribution is 5.63. The van der Waals surface area contributed by atoms with Gasteiger partial charge >= 0.3 is 0 Å². The molecule has 0 radical (unpaired) electrons. The van der Waals surface area contributed by atoms with Crippen molar-refractivity contribution in [1.82, 2.24) is 5.32 Å². The van der Waals surface area contributed by atoms with Gasteiger partial charge in [-0.1, -0.05) is 6.92 Å². The van der Waals surface area contributed by atoms with Gasteiger partial charge in [0, 0.05) is 5.56 Å². The summed E-state index contributed by atoms with van der Waals surface area (Å²) < 4.78 is 11.3. The molecule has 0 aliphatic heterocycles. The molecule has 0 aliphatic rings. The van der Waals surface area contributed by atoms with Crippen molar-refractivity contribution in [2.75, 3.05) is 13.7 Å². The number of methoxy groups -OCH3 is 1. The molecular weight excluding hydrogens is 250 g/mol. The summed E-state index contributed by atoms with van der Waals surface area (Å²) in [5.74, 6) is 2.83. The van der Waals surface area contributed by atoms with Crippen molar-refractivity contribution >= 4 is 0 Å². The molecule has 2 rings (SSSR count). The average molecular weight is 273 g/mol. The maximum Gasteiger partial charge on any atom is 0.134 e. The molecule has 3 heteroatoms. The van der Waals surface area contributed by atoms with Crippen molar-refractivity contribution in [3.63, 3.8) is 0 Å². The van der Waals surface area contributed by atoms with E-state index in [2.05, 4.69) is 38.2 Å². The molecule has 0 atom stereocenters. The normalized spacial score (nSPS) is 10.8. The molecular formula is C17H23NO2.